The van der Waals surface area contributed by atoms with Crippen molar-refractivity contribution < 1.29 is 4.79 Å². The van der Waals surface area contributed by atoms with E-state index in [0.717, 1.165) is 51.1 Å². The van der Waals surface area contributed by atoms with E-state index in [4.69, 9.17) is 0 Å². The van der Waals surface area contributed by atoms with E-state index < -0.39 is 0 Å². The van der Waals surface area contributed by atoms with E-state index >= 15 is 0 Å². The first-order chi connectivity index (χ1) is 11.1. The number of nitrogens with one attached hydrogen (secondary N) is 2. The summed E-state index contributed by atoms with van der Waals surface area (Å²) >= 11 is 1.75. The maximum absolute atomic E-state index is 11.7. The van der Waals surface area contributed by atoms with Crippen LogP contribution in [0.2, 0.25) is 0 Å². The van der Waals surface area contributed by atoms with E-state index in [1.54, 1.807) is 11.3 Å². The SMILES string of the molecule is CCCNC(=O)CN1CCC(NCc2csc(C(C)C)n2)CC1. The van der Waals surface area contributed by atoms with Crippen LogP contribution < -0.4 is 10.6 Å². The van der Waals surface area contributed by atoms with E-state index in [1.165, 1.54) is 5.01 Å². The maximum Gasteiger partial charge on any atom is 0.234 e. The predicted octanol–water partition coefficient (Wildman–Crippen LogP) is 2.35. The van der Waals surface area contributed by atoms with Crippen LogP contribution in [-0.2, 0) is 11.3 Å². The van der Waals surface area contributed by atoms with Crippen molar-refractivity contribution in [1.82, 2.24) is 20.5 Å². The second-order valence-electron chi connectivity index (χ2n) is 6.61. The number of aromatic nitrogens is 1. The van der Waals surface area contributed by atoms with Crippen molar-refractivity contribution in [3.63, 3.8) is 0 Å². The number of carbonyl (C=O) groups excluding carboxylic acids is 1. The molecule has 0 saturated carbocycles. The van der Waals surface area contributed by atoms with Crippen LogP contribution in [0.3, 0.4) is 0 Å². The molecule has 1 aliphatic heterocycles. The van der Waals surface area contributed by atoms with Gasteiger partial charge in [0.05, 0.1) is 17.2 Å². The number of thiazole rings is 1. The highest BCUT2D eigenvalue weighted by Gasteiger charge is 2.20. The highest BCUT2D eigenvalue weighted by Crippen LogP contribution is 2.19. The monoisotopic (exact) mass is 338 g/mol. The Bertz CT molecular complexity index is 481. The molecular weight excluding hydrogens is 308 g/mol. The first kappa shape index (κ1) is 18.4. The molecule has 1 saturated heterocycles. The van der Waals surface area contributed by atoms with Gasteiger partial charge in [0.1, 0.15) is 0 Å². The molecule has 1 aromatic rings. The van der Waals surface area contributed by atoms with Crippen LogP contribution in [-0.4, -0.2) is 48.0 Å². The molecule has 1 amide bonds. The number of hydrogen-bond donors (Lipinski definition) is 2. The van der Waals surface area contributed by atoms with Gasteiger partial charge in [0.2, 0.25) is 5.91 Å². The van der Waals surface area contributed by atoms with E-state index in [1.807, 2.05) is 0 Å². The Hall–Kier alpha value is -0.980. The van der Waals surface area contributed by atoms with Gasteiger partial charge in [-0.15, -0.1) is 11.3 Å². The molecular formula is C17H30N4OS. The molecule has 6 heteroatoms. The third-order valence-electron chi connectivity index (χ3n) is 4.16. The van der Waals surface area contributed by atoms with Crippen molar-refractivity contribution in [1.29, 1.82) is 0 Å². The fraction of sp³-hybridized carbons (Fsp3) is 0.765. The van der Waals surface area contributed by atoms with Gasteiger partial charge in [-0.1, -0.05) is 20.8 Å². The average Bonchev–Trinajstić information content (AvgIpc) is 3.01. The maximum atomic E-state index is 11.7. The third kappa shape index (κ3) is 6.20. The minimum atomic E-state index is 0.155. The quantitative estimate of drug-likeness (QED) is 0.764. The minimum absolute atomic E-state index is 0.155. The van der Waals surface area contributed by atoms with Crippen LogP contribution in [0.4, 0.5) is 0 Å². The Morgan fingerprint density at radius 3 is 2.78 bits per heavy atom. The normalized spacial score (nSPS) is 16.9. The first-order valence-electron chi connectivity index (χ1n) is 8.75. The number of hydrogen-bond acceptors (Lipinski definition) is 5. The van der Waals surface area contributed by atoms with Crippen molar-refractivity contribution in [3.8, 4) is 0 Å². The smallest absolute Gasteiger partial charge is 0.234 e. The fourth-order valence-corrected chi connectivity index (χ4v) is 3.57. The zero-order chi connectivity index (χ0) is 16.7. The fourth-order valence-electron chi connectivity index (χ4n) is 2.74. The van der Waals surface area contributed by atoms with Gasteiger partial charge in [-0.25, -0.2) is 4.98 Å². The second kappa shape index (κ2) is 9.35. The Morgan fingerprint density at radius 1 is 1.43 bits per heavy atom. The summed E-state index contributed by atoms with van der Waals surface area (Å²) in [5, 5.41) is 9.94. The lowest BCUT2D eigenvalue weighted by Gasteiger charge is -2.31. The Morgan fingerprint density at radius 2 is 2.17 bits per heavy atom. The number of rotatable bonds is 8. The van der Waals surface area contributed by atoms with E-state index in [9.17, 15) is 4.79 Å². The van der Waals surface area contributed by atoms with Gasteiger partial charge in [-0.05, 0) is 19.3 Å². The van der Waals surface area contributed by atoms with Gasteiger partial charge >= 0.3 is 0 Å². The van der Waals surface area contributed by atoms with Gasteiger partial charge in [-0.3, -0.25) is 9.69 Å². The largest absolute Gasteiger partial charge is 0.355 e. The molecule has 2 N–H and O–H groups in total. The molecule has 2 heterocycles. The van der Waals surface area contributed by atoms with Gasteiger partial charge in [-0.2, -0.15) is 0 Å². The van der Waals surface area contributed by atoms with Crippen LogP contribution in [0.25, 0.3) is 0 Å². The zero-order valence-electron chi connectivity index (χ0n) is 14.6. The summed E-state index contributed by atoms with van der Waals surface area (Å²) in [7, 11) is 0. The molecule has 0 radical (unpaired) electrons. The van der Waals surface area contributed by atoms with Gasteiger partial charge < -0.3 is 10.6 Å². The third-order valence-corrected chi connectivity index (χ3v) is 5.36. The summed E-state index contributed by atoms with van der Waals surface area (Å²) < 4.78 is 0. The van der Waals surface area contributed by atoms with Gasteiger partial charge in [0.15, 0.2) is 0 Å². The van der Waals surface area contributed by atoms with E-state index in [2.05, 4.69) is 46.7 Å². The summed E-state index contributed by atoms with van der Waals surface area (Å²) in [6, 6.07) is 0.536. The van der Waals surface area contributed by atoms with Crippen LogP contribution >= 0.6 is 11.3 Å². The summed E-state index contributed by atoms with van der Waals surface area (Å²) in [6.07, 6.45) is 3.19. The molecule has 130 valence electrons. The van der Waals surface area contributed by atoms with Gasteiger partial charge in [0, 0.05) is 43.5 Å². The lowest BCUT2D eigenvalue weighted by Crippen LogP contribution is -2.46. The van der Waals surface area contributed by atoms with Crippen molar-refractivity contribution in [2.45, 2.75) is 58.5 Å². The molecule has 0 aromatic carbocycles. The Labute approximate surface area is 143 Å². The molecule has 0 bridgehead atoms. The first-order valence-corrected chi connectivity index (χ1v) is 9.63. The number of amides is 1. The predicted molar refractivity (Wildman–Crippen MR) is 95.8 cm³/mol. The van der Waals surface area contributed by atoms with Crippen molar-refractivity contribution in [2.24, 2.45) is 0 Å². The number of likely N-dealkylation sites (tertiary alicyclic amines) is 1. The molecule has 0 atom stereocenters. The molecule has 0 aliphatic carbocycles. The van der Waals surface area contributed by atoms with Gasteiger partial charge in [0.25, 0.3) is 0 Å². The highest BCUT2D eigenvalue weighted by atomic mass is 32.1. The molecule has 5 nitrogen and oxygen atoms in total. The van der Waals surface area contributed by atoms with E-state index in [0.29, 0.717) is 18.5 Å². The number of carbonyl (C=O) groups is 1. The van der Waals surface area contributed by atoms with Crippen LogP contribution in [0.15, 0.2) is 5.38 Å². The molecule has 0 unspecified atom stereocenters. The molecule has 1 aromatic heterocycles. The lowest BCUT2D eigenvalue weighted by molar-refractivity contribution is -0.122. The molecule has 1 aliphatic rings. The molecule has 0 spiro atoms. The lowest BCUT2D eigenvalue weighted by atomic mass is 10.0. The van der Waals surface area contributed by atoms with Crippen LogP contribution in [0.5, 0.6) is 0 Å². The van der Waals surface area contributed by atoms with Crippen molar-refractivity contribution in [3.05, 3.63) is 16.1 Å². The number of piperidine rings is 1. The molecule has 2 rings (SSSR count). The summed E-state index contributed by atoms with van der Waals surface area (Å²) in [6.45, 7) is 10.6. The zero-order valence-corrected chi connectivity index (χ0v) is 15.4. The van der Waals surface area contributed by atoms with Crippen LogP contribution in [0, 0.1) is 0 Å². The molecule has 23 heavy (non-hydrogen) atoms. The Balaban J connectivity index is 1.65. The van der Waals surface area contributed by atoms with Crippen molar-refractivity contribution in [2.75, 3.05) is 26.2 Å². The highest BCUT2D eigenvalue weighted by molar-refractivity contribution is 7.09. The van der Waals surface area contributed by atoms with Crippen molar-refractivity contribution >= 4 is 17.2 Å². The summed E-state index contributed by atoms with van der Waals surface area (Å²) in [4.78, 5) is 18.7. The standard InChI is InChI=1S/C17H30N4OS/c1-4-7-18-16(22)11-21-8-5-14(6-9-21)19-10-15-12-23-17(20-15)13(2)3/h12-14,19H,4-11H2,1-3H3,(H,18,22). The topological polar surface area (TPSA) is 57.3 Å². The van der Waals surface area contributed by atoms with Crippen LogP contribution in [0.1, 0.15) is 56.7 Å². The number of nitrogens with zero attached hydrogens (tertiary/aromatic N) is 2. The average molecular weight is 339 g/mol. The van der Waals surface area contributed by atoms with E-state index in [-0.39, 0.29) is 5.91 Å². The second-order valence-corrected chi connectivity index (χ2v) is 7.50. The Kier molecular flexibility index (Phi) is 7.46. The minimum Gasteiger partial charge on any atom is -0.355 e. The summed E-state index contributed by atoms with van der Waals surface area (Å²) in [5.74, 6) is 0.665. The molecule has 1 fully saturated rings. The summed E-state index contributed by atoms with van der Waals surface area (Å²) in [5.41, 5.74) is 1.15.